The molecule has 0 saturated carbocycles. The van der Waals surface area contributed by atoms with E-state index in [4.69, 9.17) is 4.74 Å². The number of rotatable bonds is 3. The van der Waals surface area contributed by atoms with Gasteiger partial charge in [0.1, 0.15) is 22.9 Å². The smallest absolute Gasteiger partial charge is 0.254 e. The first-order valence-corrected chi connectivity index (χ1v) is 8.11. The van der Waals surface area contributed by atoms with E-state index in [2.05, 4.69) is 13.7 Å². The van der Waals surface area contributed by atoms with Gasteiger partial charge in [-0.3, -0.25) is 9.78 Å². The number of carbonyl (C=O) groups is 1. The molecule has 0 N–H and O–H groups in total. The largest absolute Gasteiger partial charge is 0.488 e. The van der Waals surface area contributed by atoms with Crippen molar-refractivity contribution in [3.8, 4) is 5.75 Å². The topological polar surface area (TPSA) is 68.2 Å². The summed E-state index contributed by atoms with van der Waals surface area (Å²) < 4.78 is 14.2. The monoisotopic (exact) mass is 326 g/mol. The van der Waals surface area contributed by atoms with Crippen molar-refractivity contribution in [2.45, 2.75) is 12.5 Å². The number of benzene rings is 1. The van der Waals surface area contributed by atoms with Crippen molar-refractivity contribution in [2.75, 3.05) is 13.1 Å². The second kappa shape index (κ2) is 5.92. The van der Waals surface area contributed by atoms with Gasteiger partial charge < -0.3 is 9.64 Å². The quantitative estimate of drug-likeness (QED) is 0.739. The van der Waals surface area contributed by atoms with Crippen LogP contribution in [0, 0.1) is 0 Å². The third-order valence-electron chi connectivity index (χ3n) is 3.89. The summed E-state index contributed by atoms with van der Waals surface area (Å²) in [7, 11) is 0. The van der Waals surface area contributed by atoms with E-state index in [1.54, 1.807) is 18.5 Å². The minimum absolute atomic E-state index is 0.0146. The van der Waals surface area contributed by atoms with E-state index in [0.717, 1.165) is 34.9 Å². The lowest BCUT2D eigenvalue weighted by atomic mass is 10.2. The van der Waals surface area contributed by atoms with E-state index >= 15 is 0 Å². The number of ether oxygens (including phenoxy) is 1. The number of amides is 1. The van der Waals surface area contributed by atoms with Crippen molar-refractivity contribution in [1.82, 2.24) is 18.6 Å². The fraction of sp³-hybridized carbons (Fsp3) is 0.250. The number of carbonyl (C=O) groups excluding carboxylic acids is 1. The van der Waals surface area contributed by atoms with Crippen molar-refractivity contribution in [3.63, 3.8) is 0 Å². The van der Waals surface area contributed by atoms with Crippen LogP contribution in [0.5, 0.6) is 5.75 Å². The van der Waals surface area contributed by atoms with Gasteiger partial charge in [0.05, 0.1) is 18.3 Å². The zero-order valence-electron chi connectivity index (χ0n) is 12.3. The highest BCUT2D eigenvalue weighted by molar-refractivity contribution is 7.00. The molecule has 0 aliphatic carbocycles. The first-order chi connectivity index (χ1) is 11.3. The highest BCUT2D eigenvalue weighted by Gasteiger charge is 2.28. The maximum Gasteiger partial charge on any atom is 0.254 e. The molecule has 0 bridgehead atoms. The van der Waals surface area contributed by atoms with Gasteiger partial charge in [-0.05, 0) is 30.3 Å². The molecule has 1 saturated heterocycles. The Bertz CT molecular complexity index is 836. The van der Waals surface area contributed by atoms with Crippen LogP contribution in [-0.2, 0) is 0 Å². The number of pyridine rings is 1. The Kier molecular flexibility index (Phi) is 3.63. The first kappa shape index (κ1) is 14.1. The summed E-state index contributed by atoms with van der Waals surface area (Å²) in [5, 5.41) is 0. The third-order valence-corrected chi connectivity index (χ3v) is 4.44. The van der Waals surface area contributed by atoms with Crippen molar-refractivity contribution >= 4 is 28.7 Å². The molecule has 4 rings (SSSR count). The van der Waals surface area contributed by atoms with Crippen molar-refractivity contribution in [2.24, 2.45) is 0 Å². The molecule has 0 radical (unpaired) electrons. The predicted octanol–water partition coefficient (Wildman–Crippen LogP) is 2.38. The Hall–Kier alpha value is -2.54. The first-order valence-electron chi connectivity index (χ1n) is 7.38. The van der Waals surface area contributed by atoms with Crippen molar-refractivity contribution < 1.29 is 9.53 Å². The maximum atomic E-state index is 12.6. The lowest BCUT2D eigenvalue weighted by molar-refractivity contribution is 0.0772. The Morgan fingerprint density at radius 3 is 2.87 bits per heavy atom. The molecule has 1 aromatic carbocycles. The van der Waals surface area contributed by atoms with Crippen LogP contribution in [0.3, 0.4) is 0 Å². The SMILES string of the molecule is O=C(c1ccc2nsnc2c1)N1CC[C@H](Oc2ccncc2)C1. The predicted molar refractivity (Wildman–Crippen MR) is 86.6 cm³/mol. The summed E-state index contributed by atoms with van der Waals surface area (Å²) in [5.41, 5.74) is 2.24. The summed E-state index contributed by atoms with van der Waals surface area (Å²) in [5.74, 6) is 0.801. The van der Waals surface area contributed by atoms with Gasteiger partial charge in [0.25, 0.3) is 5.91 Å². The Morgan fingerprint density at radius 1 is 1.17 bits per heavy atom. The third kappa shape index (κ3) is 2.87. The average Bonchev–Trinajstić information content (AvgIpc) is 3.23. The highest BCUT2D eigenvalue weighted by atomic mass is 32.1. The summed E-state index contributed by atoms with van der Waals surface area (Å²) in [6.45, 7) is 1.29. The molecule has 23 heavy (non-hydrogen) atoms. The molecule has 2 aromatic heterocycles. The van der Waals surface area contributed by atoms with Gasteiger partial charge in [-0.15, -0.1) is 0 Å². The fourth-order valence-electron chi connectivity index (χ4n) is 2.72. The van der Waals surface area contributed by atoms with Gasteiger partial charge in [-0.25, -0.2) is 0 Å². The van der Waals surface area contributed by atoms with E-state index in [9.17, 15) is 4.79 Å². The van der Waals surface area contributed by atoms with Crippen LogP contribution in [0.2, 0.25) is 0 Å². The lowest BCUT2D eigenvalue weighted by Gasteiger charge is -2.17. The van der Waals surface area contributed by atoms with Gasteiger partial charge in [0, 0.05) is 30.9 Å². The summed E-state index contributed by atoms with van der Waals surface area (Å²) in [6.07, 6.45) is 4.24. The van der Waals surface area contributed by atoms with Crippen molar-refractivity contribution in [3.05, 3.63) is 48.3 Å². The van der Waals surface area contributed by atoms with Gasteiger partial charge in [-0.2, -0.15) is 8.75 Å². The summed E-state index contributed by atoms with van der Waals surface area (Å²) in [6, 6.07) is 9.11. The molecule has 1 aliphatic heterocycles. The minimum Gasteiger partial charge on any atom is -0.488 e. The molecule has 3 heterocycles. The summed E-state index contributed by atoms with van der Waals surface area (Å²) >= 11 is 1.16. The van der Waals surface area contributed by atoms with Crippen LogP contribution in [0.15, 0.2) is 42.7 Å². The fourth-order valence-corrected chi connectivity index (χ4v) is 3.23. The summed E-state index contributed by atoms with van der Waals surface area (Å²) in [4.78, 5) is 18.4. The minimum atomic E-state index is 0.0146. The van der Waals surface area contributed by atoms with Gasteiger partial charge in [0.15, 0.2) is 0 Å². The second-order valence-electron chi connectivity index (χ2n) is 5.43. The highest BCUT2D eigenvalue weighted by Crippen LogP contribution is 2.21. The zero-order chi connectivity index (χ0) is 15.6. The Balaban J connectivity index is 1.45. The molecule has 116 valence electrons. The molecule has 1 atom stereocenters. The number of likely N-dealkylation sites (tertiary alicyclic amines) is 1. The molecule has 1 fully saturated rings. The lowest BCUT2D eigenvalue weighted by Crippen LogP contribution is -2.30. The maximum absolute atomic E-state index is 12.6. The second-order valence-corrected chi connectivity index (χ2v) is 5.96. The molecule has 6 nitrogen and oxygen atoms in total. The standard InChI is InChI=1S/C16H14N4O2S/c21-16(11-1-2-14-15(9-11)19-23-18-14)20-8-5-13(10-20)22-12-3-6-17-7-4-12/h1-4,6-7,9,13H,5,8,10H2/t13-/m0/s1. The van der Waals surface area contributed by atoms with Crippen LogP contribution < -0.4 is 4.74 Å². The normalized spacial score (nSPS) is 17.6. The van der Waals surface area contributed by atoms with E-state index in [0.29, 0.717) is 18.7 Å². The molecular weight excluding hydrogens is 312 g/mol. The van der Waals surface area contributed by atoms with E-state index in [1.165, 1.54) is 0 Å². The van der Waals surface area contributed by atoms with Gasteiger partial charge in [0.2, 0.25) is 0 Å². The number of fused-ring (bicyclic) bond motifs is 1. The number of aromatic nitrogens is 3. The van der Waals surface area contributed by atoms with Gasteiger partial charge in [-0.1, -0.05) is 0 Å². The van der Waals surface area contributed by atoms with Crippen LogP contribution in [0.1, 0.15) is 16.8 Å². The van der Waals surface area contributed by atoms with Crippen LogP contribution in [0.4, 0.5) is 0 Å². The van der Waals surface area contributed by atoms with Crippen LogP contribution in [0.25, 0.3) is 11.0 Å². The van der Waals surface area contributed by atoms with Crippen LogP contribution >= 0.6 is 11.7 Å². The Morgan fingerprint density at radius 2 is 2.00 bits per heavy atom. The molecule has 3 aromatic rings. The van der Waals surface area contributed by atoms with E-state index in [1.807, 2.05) is 29.2 Å². The molecule has 1 amide bonds. The van der Waals surface area contributed by atoms with Gasteiger partial charge >= 0.3 is 0 Å². The average molecular weight is 326 g/mol. The molecule has 0 unspecified atom stereocenters. The molecule has 7 heteroatoms. The Labute approximate surface area is 137 Å². The number of hydrogen-bond acceptors (Lipinski definition) is 6. The molecular formula is C16H14N4O2S. The number of hydrogen-bond donors (Lipinski definition) is 0. The van der Waals surface area contributed by atoms with E-state index in [-0.39, 0.29) is 12.0 Å². The zero-order valence-corrected chi connectivity index (χ0v) is 13.1. The molecule has 0 spiro atoms. The molecule has 1 aliphatic rings. The van der Waals surface area contributed by atoms with E-state index < -0.39 is 0 Å². The van der Waals surface area contributed by atoms with Crippen molar-refractivity contribution in [1.29, 1.82) is 0 Å². The number of nitrogens with zero attached hydrogens (tertiary/aromatic N) is 4. The van der Waals surface area contributed by atoms with Crippen LogP contribution in [-0.4, -0.2) is 43.7 Å².